The van der Waals surface area contributed by atoms with Crippen LogP contribution >= 0.6 is 11.8 Å². The molecule has 1 aromatic heterocycles. The number of hydrogen-bond acceptors (Lipinski definition) is 6. The number of amides is 2. The second-order valence-electron chi connectivity index (χ2n) is 8.60. The van der Waals surface area contributed by atoms with E-state index >= 15 is 0 Å². The van der Waals surface area contributed by atoms with Crippen LogP contribution < -0.4 is 15.4 Å². The van der Waals surface area contributed by atoms with Gasteiger partial charge in [-0.2, -0.15) is 4.73 Å². The van der Waals surface area contributed by atoms with Gasteiger partial charge in [-0.3, -0.25) is 0 Å². The minimum absolute atomic E-state index is 0.0104. The van der Waals surface area contributed by atoms with Crippen LogP contribution in [0.1, 0.15) is 42.9 Å². The fourth-order valence-corrected chi connectivity index (χ4v) is 5.14. The van der Waals surface area contributed by atoms with Crippen LogP contribution in [0.2, 0.25) is 0 Å². The van der Waals surface area contributed by atoms with E-state index < -0.39 is 6.29 Å². The Hall–Kier alpha value is -3.11. The van der Waals surface area contributed by atoms with Gasteiger partial charge >= 0.3 is 6.03 Å². The predicted molar refractivity (Wildman–Crippen MR) is 138 cm³/mol. The Morgan fingerprint density at radius 2 is 1.78 bits per heavy atom. The van der Waals surface area contributed by atoms with Crippen LogP contribution in [0.5, 0.6) is 0 Å². The van der Waals surface area contributed by atoms with Crippen molar-refractivity contribution in [2.24, 2.45) is 5.92 Å². The third kappa shape index (κ3) is 6.36. The smallest absolute Gasteiger partial charge is 0.319 e. The van der Waals surface area contributed by atoms with E-state index in [1.807, 2.05) is 61.5 Å². The van der Waals surface area contributed by atoms with Crippen LogP contribution in [-0.4, -0.2) is 29.5 Å². The van der Waals surface area contributed by atoms with Crippen molar-refractivity contribution in [2.45, 2.75) is 44.0 Å². The number of aliphatic hydroxyl groups is 1. The molecule has 4 rings (SSSR count). The van der Waals surface area contributed by atoms with Crippen LogP contribution in [0.3, 0.4) is 0 Å². The summed E-state index contributed by atoms with van der Waals surface area (Å²) in [5.41, 5.74) is 3.33. The molecule has 2 amide bonds. The van der Waals surface area contributed by atoms with Gasteiger partial charge in [0.05, 0.1) is 18.8 Å². The lowest BCUT2D eigenvalue weighted by molar-refractivity contribution is -0.645. The highest BCUT2D eigenvalue weighted by Gasteiger charge is 2.38. The third-order valence-corrected chi connectivity index (χ3v) is 7.19. The van der Waals surface area contributed by atoms with Crippen molar-refractivity contribution in [3.8, 4) is 0 Å². The van der Waals surface area contributed by atoms with Gasteiger partial charge in [-0.15, -0.1) is 0 Å². The number of thioether (sulfide) groups is 1. The standard InChI is InChI=1S/C27H31N3O5S/c1-3-28-27(32)29-22-13-11-21(12-14-22)26-34-23(17-36-24-6-4-5-15-30(24)33)18(2)25(35-26)20-9-7-19(16-31)8-10-20/h4-15,18,23,25-26,31H,3,16-17H2,1-2H3,(H2,28,29,32)/t18-,23+,25+,26+/m0/s1. The molecule has 8 nitrogen and oxygen atoms in total. The number of ether oxygens (including phenoxy) is 2. The minimum atomic E-state index is -0.622. The van der Waals surface area contributed by atoms with Crippen molar-refractivity contribution >= 4 is 23.5 Å². The lowest BCUT2D eigenvalue weighted by Crippen LogP contribution is -2.39. The number of urea groups is 1. The molecule has 0 saturated carbocycles. The van der Waals surface area contributed by atoms with Crippen LogP contribution in [0.15, 0.2) is 78.0 Å². The maximum atomic E-state index is 12.1. The zero-order chi connectivity index (χ0) is 25.5. The SMILES string of the molecule is CCNC(=O)Nc1ccc([C@@H]2O[C@H](CSc3cccc[n+]3[O-])[C@H](C)[C@H](c3ccc(CO)cc3)O2)cc1. The number of aliphatic hydroxyl groups excluding tert-OH is 1. The molecule has 2 heterocycles. The van der Waals surface area contributed by atoms with Crippen molar-refractivity contribution in [3.63, 3.8) is 0 Å². The molecule has 0 unspecified atom stereocenters. The van der Waals surface area contributed by atoms with Gasteiger partial charge in [0, 0.05) is 41.6 Å². The number of aromatic nitrogens is 1. The van der Waals surface area contributed by atoms with Crippen LogP contribution in [0.25, 0.3) is 0 Å². The summed E-state index contributed by atoms with van der Waals surface area (Å²) in [7, 11) is 0. The summed E-state index contributed by atoms with van der Waals surface area (Å²) in [6.45, 7) is 4.47. The molecule has 190 valence electrons. The molecule has 0 radical (unpaired) electrons. The van der Waals surface area contributed by atoms with Gasteiger partial charge in [0.15, 0.2) is 12.5 Å². The Balaban J connectivity index is 1.55. The maximum Gasteiger partial charge on any atom is 0.319 e. The summed E-state index contributed by atoms with van der Waals surface area (Å²) in [4.78, 5) is 11.8. The van der Waals surface area contributed by atoms with Gasteiger partial charge in [0.2, 0.25) is 0 Å². The number of hydrogen-bond donors (Lipinski definition) is 3. The van der Waals surface area contributed by atoms with Crippen LogP contribution in [0, 0.1) is 11.1 Å². The summed E-state index contributed by atoms with van der Waals surface area (Å²) < 4.78 is 13.7. The first kappa shape index (κ1) is 26.0. The fraction of sp³-hybridized carbons (Fsp3) is 0.333. The molecule has 3 N–H and O–H groups in total. The molecule has 3 aromatic rings. The predicted octanol–water partition coefficient (Wildman–Crippen LogP) is 4.54. The largest absolute Gasteiger partial charge is 0.618 e. The molecular weight excluding hydrogens is 478 g/mol. The fourth-order valence-electron chi connectivity index (χ4n) is 4.06. The molecule has 0 bridgehead atoms. The van der Waals surface area contributed by atoms with E-state index in [0.29, 0.717) is 23.0 Å². The quantitative estimate of drug-likeness (QED) is 0.234. The van der Waals surface area contributed by atoms with E-state index in [-0.39, 0.29) is 30.8 Å². The van der Waals surface area contributed by atoms with E-state index in [0.717, 1.165) is 21.4 Å². The molecule has 36 heavy (non-hydrogen) atoms. The van der Waals surface area contributed by atoms with Crippen molar-refractivity contribution in [1.82, 2.24) is 5.32 Å². The molecule has 2 aromatic carbocycles. The zero-order valence-electron chi connectivity index (χ0n) is 20.3. The van der Waals surface area contributed by atoms with Gasteiger partial charge < -0.3 is 30.4 Å². The monoisotopic (exact) mass is 509 g/mol. The Labute approximate surface area is 215 Å². The van der Waals surface area contributed by atoms with Crippen molar-refractivity contribution in [3.05, 3.63) is 94.8 Å². The van der Waals surface area contributed by atoms with Gasteiger partial charge in [-0.1, -0.05) is 55.1 Å². The van der Waals surface area contributed by atoms with Crippen LogP contribution in [-0.2, 0) is 16.1 Å². The topological polar surface area (TPSA) is 107 Å². The minimum Gasteiger partial charge on any atom is -0.618 e. The molecule has 0 spiro atoms. The number of anilines is 1. The molecule has 9 heteroatoms. The lowest BCUT2D eigenvalue weighted by atomic mass is 9.91. The van der Waals surface area contributed by atoms with Crippen molar-refractivity contribution in [2.75, 3.05) is 17.6 Å². The molecule has 1 aliphatic heterocycles. The average Bonchev–Trinajstić information content (AvgIpc) is 2.89. The van der Waals surface area contributed by atoms with Gasteiger partial charge in [0.1, 0.15) is 0 Å². The molecule has 1 aliphatic rings. The number of rotatable bonds is 8. The van der Waals surface area contributed by atoms with Crippen molar-refractivity contribution in [1.29, 1.82) is 0 Å². The molecule has 4 atom stereocenters. The first-order valence-corrected chi connectivity index (χ1v) is 12.9. The summed E-state index contributed by atoms with van der Waals surface area (Å²) >= 11 is 1.45. The number of carbonyl (C=O) groups is 1. The van der Waals surface area contributed by atoms with Crippen molar-refractivity contribution < 1.29 is 24.1 Å². The molecule has 1 fully saturated rings. The van der Waals surface area contributed by atoms with Gasteiger partial charge in [0.25, 0.3) is 5.03 Å². The average molecular weight is 510 g/mol. The highest BCUT2D eigenvalue weighted by molar-refractivity contribution is 7.99. The van der Waals surface area contributed by atoms with E-state index in [9.17, 15) is 15.1 Å². The highest BCUT2D eigenvalue weighted by Crippen LogP contribution is 2.43. The van der Waals surface area contributed by atoms with Gasteiger partial charge in [-0.05, 0) is 36.2 Å². The van der Waals surface area contributed by atoms with Crippen LogP contribution in [0.4, 0.5) is 10.5 Å². The molecule has 0 aliphatic carbocycles. The third-order valence-electron chi connectivity index (χ3n) is 6.09. The zero-order valence-corrected chi connectivity index (χ0v) is 21.1. The summed E-state index contributed by atoms with van der Waals surface area (Å²) in [5.74, 6) is 0.589. The Morgan fingerprint density at radius 3 is 2.44 bits per heavy atom. The maximum absolute atomic E-state index is 12.1. The molecule has 1 saturated heterocycles. The second kappa shape index (κ2) is 12.2. The number of nitrogens with zero attached hydrogens (tertiary/aromatic N) is 1. The Bertz CT molecular complexity index is 1140. The summed E-state index contributed by atoms with van der Waals surface area (Å²) in [6.07, 6.45) is 0.430. The Kier molecular flexibility index (Phi) is 8.82. The first-order chi connectivity index (χ1) is 17.5. The summed E-state index contributed by atoms with van der Waals surface area (Å²) in [6, 6.07) is 20.2. The van der Waals surface area contributed by atoms with E-state index in [1.54, 1.807) is 12.1 Å². The normalized spacial score (nSPS) is 21.6. The summed E-state index contributed by atoms with van der Waals surface area (Å²) in [5, 5.41) is 27.7. The lowest BCUT2D eigenvalue weighted by Gasteiger charge is -2.41. The van der Waals surface area contributed by atoms with E-state index in [1.165, 1.54) is 18.0 Å². The van der Waals surface area contributed by atoms with E-state index in [2.05, 4.69) is 17.6 Å². The first-order valence-electron chi connectivity index (χ1n) is 11.9. The highest BCUT2D eigenvalue weighted by atomic mass is 32.2. The second-order valence-corrected chi connectivity index (χ2v) is 9.64. The number of carbonyl (C=O) groups excluding carboxylic acids is 1. The van der Waals surface area contributed by atoms with Gasteiger partial charge in [-0.25, -0.2) is 4.79 Å². The van der Waals surface area contributed by atoms with E-state index in [4.69, 9.17) is 9.47 Å². The number of nitrogens with one attached hydrogen (secondary N) is 2. The molecular formula is C27H31N3O5S. The number of pyridine rings is 1. The Morgan fingerprint density at radius 1 is 1.06 bits per heavy atom. The number of benzene rings is 2.